The number of nitrogens with zero attached hydrogens (tertiary/aromatic N) is 11. The van der Waals surface area contributed by atoms with Gasteiger partial charge in [-0.3, -0.25) is 38.2 Å². The number of anilines is 1. The number of pyridine rings is 1. The van der Waals surface area contributed by atoms with Gasteiger partial charge in [0.1, 0.15) is 11.3 Å². The molecular weight excluding hydrogens is 1100 g/mol. The van der Waals surface area contributed by atoms with Gasteiger partial charge in [-0.25, -0.2) is 44.1 Å². The zero-order valence-electron chi connectivity index (χ0n) is 48.1. The van der Waals surface area contributed by atoms with Crippen molar-refractivity contribution >= 4 is 63.2 Å². The Morgan fingerprint density at radius 3 is 1.78 bits per heavy atom. The molecule has 0 atom stereocenters. The minimum Gasteiger partial charge on any atom is -0.409 e. The Morgan fingerprint density at radius 1 is 0.634 bits per heavy atom. The number of rotatable bonds is 12. The molecule has 9 rings (SSSR count). The third kappa shape index (κ3) is 19.1. The number of para-hydroxylation sites is 2. The number of aromatic nitrogens is 10. The van der Waals surface area contributed by atoms with Crippen molar-refractivity contribution in [3.8, 4) is 11.3 Å². The van der Waals surface area contributed by atoms with Crippen LogP contribution in [0.15, 0.2) is 138 Å². The lowest BCUT2D eigenvalue weighted by Gasteiger charge is -2.36. The van der Waals surface area contributed by atoms with Crippen molar-refractivity contribution < 1.29 is 27.2 Å². The van der Waals surface area contributed by atoms with Crippen LogP contribution in [0.2, 0.25) is 0 Å². The first-order valence-electron chi connectivity index (χ1n) is 26.8. The Hall–Kier alpha value is -7.86. The summed E-state index contributed by atoms with van der Waals surface area (Å²) in [6.45, 7) is 23.9. The average Bonchev–Trinajstić information content (AvgIpc) is 3.66. The first-order valence-corrected chi connectivity index (χ1v) is 28.7. The van der Waals surface area contributed by atoms with E-state index < -0.39 is 17.6 Å². The molecule has 1 aliphatic heterocycles. The van der Waals surface area contributed by atoms with Crippen molar-refractivity contribution in [1.29, 1.82) is 0 Å². The maximum Gasteiger partial charge on any atom is 0.433 e. The molecule has 1 N–H and O–H groups in total. The molecule has 0 saturated carbocycles. The number of likely N-dealkylation sites (tertiary alicyclic amines) is 1. The van der Waals surface area contributed by atoms with Crippen LogP contribution in [0.3, 0.4) is 0 Å². The maximum absolute atomic E-state index is 12.1. The van der Waals surface area contributed by atoms with Gasteiger partial charge in [-0.1, -0.05) is 75.5 Å². The molecule has 2 aromatic carbocycles. The first-order chi connectivity index (χ1) is 39.1. The topological polar surface area (TPSA) is 236 Å². The van der Waals surface area contributed by atoms with E-state index in [2.05, 4.69) is 47.1 Å². The van der Waals surface area contributed by atoms with E-state index in [9.17, 15) is 41.9 Å². The number of benzene rings is 2. The van der Waals surface area contributed by atoms with Crippen molar-refractivity contribution in [2.24, 2.45) is 5.41 Å². The van der Waals surface area contributed by atoms with Crippen LogP contribution < -0.4 is 27.9 Å². The number of imide groups is 1. The van der Waals surface area contributed by atoms with E-state index in [1.807, 2.05) is 97.9 Å². The monoisotopic (exact) mass is 1170 g/mol. The van der Waals surface area contributed by atoms with Gasteiger partial charge in [0.25, 0.3) is 11.1 Å². The molecule has 1 saturated heterocycles. The molecule has 438 valence electrons. The largest absolute Gasteiger partial charge is 0.433 e. The molecule has 0 radical (unpaired) electrons. The molecule has 0 bridgehead atoms. The number of amides is 2. The van der Waals surface area contributed by atoms with Gasteiger partial charge in [-0.15, -0.1) is 0 Å². The van der Waals surface area contributed by atoms with Crippen LogP contribution in [-0.2, 0) is 35.4 Å². The number of hydrogen-bond acceptors (Lipinski definition) is 17. The van der Waals surface area contributed by atoms with Gasteiger partial charge >= 0.3 is 17.6 Å². The van der Waals surface area contributed by atoms with Crippen LogP contribution in [0.4, 0.5) is 19.1 Å². The molecule has 82 heavy (non-hydrogen) atoms. The Morgan fingerprint density at radius 2 is 1.22 bits per heavy atom. The minimum absolute atomic E-state index is 0.0110. The summed E-state index contributed by atoms with van der Waals surface area (Å²) in [6.07, 6.45) is 3.94. The maximum atomic E-state index is 12.1. The molecule has 8 aromatic rings. The van der Waals surface area contributed by atoms with Gasteiger partial charge < -0.3 is 9.73 Å². The lowest BCUT2D eigenvalue weighted by Crippen LogP contribution is -2.46. The summed E-state index contributed by atoms with van der Waals surface area (Å²) in [5.41, 5.74) is 3.33. The van der Waals surface area contributed by atoms with Crippen LogP contribution in [-0.4, -0.2) is 89.9 Å². The highest BCUT2D eigenvalue weighted by atomic mass is 32.2. The SMILES string of the molecule is CCN1C(=O)CC(C)(CC)CC1=O.CCNc1nccc(-c2cccnc2)n1.CCSc1nc(C)cc(C)n1.CCSc1nccc(C(F)(F)F)n1.CCn1c(=O)c2ccccc2n(CC)c1=O.CCn1c(=O)oc2ccccc2c1=O. The second-order valence-electron chi connectivity index (χ2n) is 18.1. The van der Waals surface area contributed by atoms with Crippen molar-refractivity contribution in [1.82, 2.24) is 53.5 Å². The van der Waals surface area contributed by atoms with Crippen molar-refractivity contribution in [2.75, 3.05) is 29.9 Å². The highest BCUT2D eigenvalue weighted by Crippen LogP contribution is 2.35. The standard InChI is InChI=1S/C12H14N2O2.C11H12N4.C10H9NO3.C10H17NO2.C8H12N2S.C7H7F3N2S/c1-3-13-10-8-6-5-7-9(10)11(15)14(4-2)12(13)16;1-2-13-11-14-7-5-10(15-11)9-4-3-6-12-8-9;1-2-11-9(12)7-5-3-4-6-8(7)14-10(11)13;1-4-10(3)6-8(12)11(5-2)9(13)7-10;1-4-11-8-9-6(2)5-7(3)10-8;1-2-13-6-11-4-3-5(12-6)7(8,9)10/h5-8H,3-4H2,1-2H3;3-8H,2H2,1H3,(H,13,14,15);3-6H,2H2,1H3;4-7H2,1-3H3;5H,4H2,1-3H3;3-4H,2H2,1H3. The Balaban J connectivity index is 0.000000212. The highest BCUT2D eigenvalue weighted by molar-refractivity contribution is 7.99. The quantitative estimate of drug-likeness (QED) is 0.0680. The van der Waals surface area contributed by atoms with Gasteiger partial charge in [0, 0.05) is 87.3 Å². The molecule has 19 nitrogen and oxygen atoms in total. The molecule has 1 aliphatic rings. The van der Waals surface area contributed by atoms with Gasteiger partial charge in [0.15, 0.2) is 10.3 Å². The van der Waals surface area contributed by atoms with Crippen LogP contribution in [0, 0.1) is 19.3 Å². The van der Waals surface area contributed by atoms with Crippen LogP contribution in [0.1, 0.15) is 98.7 Å². The van der Waals surface area contributed by atoms with E-state index in [1.54, 1.807) is 79.1 Å². The molecular formula is C58H71F3N12O7S2. The fraction of sp³-hybridized carbons (Fsp3) is 0.397. The fourth-order valence-corrected chi connectivity index (χ4v) is 9.16. The number of halogens is 3. The van der Waals surface area contributed by atoms with Crippen LogP contribution in [0.25, 0.3) is 33.1 Å². The molecule has 2 amide bonds. The van der Waals surface area contributed by atoms with Crippen molar-refractivity contribution in [2.45, 2.75) is 132 Å². The summed E-state index contributed by atoms with van der Waals surface area (Å²) in [6, 6.07) is 22.5. The number of fused-ring (bicyclic) bond motifs is 2. The molecule has 1 fully saturated rings. The van der Waals surface area contributed by atoms with E-state index in [1.165, 1.54) is 21.2 Å². The molecule has 7 heterocycles. The van der Waals surface area contributed by atoms with E-state index in [-0.39, 0.29) is 39.2 Å². The first kappa shape index (κ1) is 66.7. The van der Waals surface area contributed by atoms with E-state index in [0.717, 1.165) is 63.4 Å². The summed E-state index contributed by atoms with van der Waals surface area (Å²) >= 11 is 2.86. The fourth-order valence-electron chi connectivity index (χ4n) is 7.92. The smallest absolute Gasteiger partial charge is 0.409 e. The van der Waals surface area contributed by atoms with Crippen LogP contribution >= 0.6 is 23.5 Å². The van der Waals surface area contributed by atoms with Crippen LogP contribution in [0.5, 0.6) is 0 Å². The second kappa shape index (κ2) is 32.5. The molecule has 6 aromatic heterocycles. The second-order valence-corrected chi connectivity index (χ2v) is 20.6. The van der Waals surface area contributed by atoms with Gasteiger partial charge in [-0.05, 0) is 126 Å². The van der Waals surface area contributed by atoms with Crippen molar-refractivity contribution in [3.63, 3.8) is 0 Å². The molecule has 24 heteroatoms. The van der Waals surface area contributed by atoms with Crippen molar-refractivity contribution in [3.05, 3.63) is 162 Å². The number of thioether (sulfide) groups is 2. The Bertz CT molecular complexity index is 3580. The summed E-state index contributed by atoms with van der Waals surface area (Å²) in [5, 5.41) is 5.17. The Labute approximate surface area is 482 Å². The number of carbonyl (C=O) groups is 2. The summed E-state index contributed by atoms with van der Waals surface area (Å²) in [4.78, 5) is 99.5. The molecule has 0 aliphatic carbocycles. The highest BCUT2D eigenvalue weighted by Gasteiger charge is 2.38. The number of piperidine rings is 1. The molecule has 0 spiro atoms. The lowest BCUT2D eigenvalue weighted by atomic mass is 9.77. The number of carbonyl (C=O) groups excluding carboxylic acids is 2. The summed E-state index contributed by atoms with van der Waals surface area (Å²) < 4.78 is 45.3. The van der Waals surface area contributed by atoms with Gasteiger partial charge in [0.05, 0.1) is 22.0 Å². The predicted molar refractivity (Wildman–Crippen MR) is 317 cm³/mol. The van der Waals surface area contributed by atoms with Gasteiger partial charge in [0.2, 0.25) is 17.8 Å². The molecule has 0 unspecified atom stereocenters. The predicted octanol–water partition coefficient (Wildman–Crippen LogP) is 10.5. The number of hydrogen-bond donors (Lipinski definition) is 1. The zero-order chi connectivity index (χ0) is 60.6. The third-order valence-electron chi connectivity index (χ3n) is 12.2. The number of aryl methyl sites for hydroxylation is 3. The number of alkyl halides is 3. The number of nitrogens with one attached hydrogen (secondary N) is 1. The minimum atomic E-state index is -4.38. The summed E-state index contributed by atoms with van der Waals surface area (Å²) in [5.74, 6) is 1.71. The summed E-state index contributed by atoms with van der Waals surface area (Å²) in [7, 11) is 0. The van der Waals surface area contributed by atoms with E-state index in [0.29, 0.717) is 72.6 Å². The average molecular weight is 1170 g/mol. The Kier molecular flexibility index (Phi) is 26.5. The van der Waals surface area contributed by atoms with Gasteiger partial charge in [-0.2, -0.15) is 13.2 Å². The third-order valence-corrected chi connectivity index (χ3v) is 13.6. The van der Waals surface area contributed by atoms with E-state index >= 15 is 0 Å². The zero-order valence-corrected chi connectivity index (χ0v) is 49.7. The van der Waals surface area contributed by atoms with E-state index in [4.69, 9.17) is 4.42 Å². The lowest BCUT2D eigenvalue weighted by molar-refractivity contribution is -0.152. The normalized spacial score (nSPS) is 12.5.